The molecule has 3 rings (SSSR count). The smallest absolute Gasteiger partial charge is 0.279 e. The zero-order valence-corrected chi connectivity index (χ0v) is 14.8. The van der Waals surface area contributed by atoms with Crippen molar-refractivity contribution in [1.29, 1.82) is 0 Å². The van der Waals surface area contributed by atoms with E-state index in [0.717, 1.165) is 42.9 Å². The molecule has 0 spiro atoms. The van der Waals surface area contributed by atoms with Crippen molar-refractivity contribution in [3.63, 3.8) is 0 Å². The van der Waals surface area contributed by atoms with E-state index < -0.39 is 0 Å². The van der Waals surface area contributed by atoms with Crippen LogP contribution in [0.5, 0.6) is 0 Å². The Morgan fingerprint density at radius 1 is 1.48 bits per heavy atom. The summed E-state index contributed by atoms with van der Waals surface area (Å²) in [5, 5.41) is 15.0. The maximum absolute atomic E-state index is 12.4. The second kappa shape index (κ2) is 7.85. The first-order valence-electron chi connectivity index (χ1n) is 7.57. The number of halogens is 1. The average molecular weight is 357 g/mol. The standard InChI is InChI=1S/C14H20N6OS.ClH/c1-3-11-8-16-14(22-11)17-13(21)12-9(2)20(19-18-12)10-4-6-15-7-5-10;/h8,10,15H,3-7H2,1-2H3,(H,16,17,21);1H. The van der Waals surface area contributed by atoms with Crippen molar-refractivity contribution in [2.24, 2.45) is 0 Å². The third-order valence-electron chi connectivity index (χ3n) is 3.92. The maximum Gasteiger partial charge on any atom is 0.279 e. The number of nitrogens with zero attached hydrogens (tertiary/aromatic N) is 4. The summed E-state index contributed by atoms with van der Waals surface area (Å²) in [5.41, 5.74) is 1.20. The summed E-state index contributed by atoms with van der Waals surface area (Å²) in [6.07, 6.45) is 4.73. The fourth-order valence-corrected chi connectivity index (χ4v) is 3.38. The van der Waals surface area contributed by atoms with E-state index in [2.05, 4.69) is 32.9 Å². The second-order valence-corrected chi connectivity index (χ2v) is 6.50. The van der Waals surface area contributed by atoms with Crippen LogP contribution in [-0.4, -0.2) is 39.0 Å². The van der Waals surface area contributed by atoms with Gasteiger partial charge in [0.05, 0.1) is 11.7 Å². The minimum atomic E-state index is -0.241. The van der Waals surface area contributed by atoms with E-state index in [1.54, 1.807) is 6.20 Å². The first-order chi connectivity index (χ1) is 10.7. The molecule has 1 fully saturated rings. The Hall–Kier alpha value is -1.51. The van der Waals surface area contributed by atoms with Gasteiger partial charge < -0.3 is 5.32 Å². The van der Waals surface area contributed by atoms with Crippen LogP contribution in [0.2, 0.25) is 0 Å². The summed E-state index contributed by atoms with van der Waals surface area (Å²) in [6, 6.07) is 0.321. The Labute approximate surface area is 145 Å². The van der Waals surface area contributed by atoms with E-state index in [4.69, 9.17) is 0 Å². The van der Waals surface area contributed by atoms with Crippen LogP contribution in [0, 0.1) is 6.92 Å². The molecule has 1 amide bonds. The van der Waals surface area contributed by atoms with E-state index in [0.29, 0.717) is 16.9 Å². The molecule has 0 bridgehead atoms. The predicted octanol–water partition coefficient (Wildman–Crippen LogP) is 2.20. The highest BCUT2D eigenvalue weighted by Crippen LogP contribution is 2.22. The second-order valence-electron chi connectivity index (χ2n) is 5.39. The predicted molar refractivity (Wildman–Crippen MR) is 92.6 cm³/mol. The summed E-state index contributed by atoms with van der Waals surface area (Å²) in [5.74, 6) is -0.241. The van der Waals surface area contributed by atoms with Crippen molar-refractivity contribution in [3.05, 3.63) is 22.5 Å². The topological polar surface area (TPSA) is 84.7 Å². The number of carbonyl (C=O) groups is 1. The highest BCUT2D eigenvalue weighted by Gasteiger charge is 2.23. The number of rotatable bonds is 4. The Bertz CT molecular complexity index is 664. The van der Waals surface area contributed by atoms with Crippen LogP contribution < -0.4 is 10.6 Å². The van der Waals surface area contributed by atoms with Crippen LogP contribution in [0.3, 0.4) is 0 Å². The molecular weight excluding hydrogens is 336 g/mol. The van der Waals surface area contributed by atoms with Crippen LogP contribution in [0.25, 0.3) is 0 Å². The van der Waals surface area contributed by atoms with E-state index in [9.17, 15) is 4.79 Å². The summed E-state index contributed by atoms with van der Waals surface area (Å²) < 4.78 is 1.88. The number of carbonyl (C=O) groups excluding carboxylic acids is 1. The van der Waals surface area contributed by atoms with Gasteiger partial charge in [-0.1, -0.05) is 12.1 Å². The lowest BCUT2D eigenvalue weighted by atomic mass is 10.1. The third-order valence-corrected chi connectivity index (χ3v) is 4.98. The molecule has 0 saturated carbocycles. The number of amides is 1. The minimum absolute atomic E-state index is 0. The molecule has 0 unspecified atom stereocenters. The van der Waals surface area contributed by atoms with Gasteiger partial charge in [0.25, 0.3) is 5.91 Å². The lowest BCUT2D eigenvalue weighted by molar-refractivity contribution is 0.102. The minimum Gasteiger partial charge on any atom is -0.317 e. The van der Waals surface area contributed by atoms with Crippen LogP contribution in [0.1, 0.15) is 46.9 Å². The van der Waals surface area contributed by atoms with Crippen molar-refractivity contribution in [3.8, 4) is 0 Å². The Kier molecular flexibility index (Phi) is 6.09. The van der Waals surface area contributed by atoms with Crippen LogP contribution in [0.4, 0.5) is 5.13 Å². The fourth-order valence-electron chi connectivity index (χ4n) is 2.63. The number of aryl methyl sites for hydroxylation is 1. The van der Waals surface area contributed by atoms with Crippen LogP contribution in [-0.2, 0) is 6.42 Å². The van der Waals surface area contributed by atoms with Crippen molar-refractivity contribution < 1.29 is 4.79 Å². The Morgan fingerprint density at radius 2 is 2.22 bits per heavy atom. The molecule has 0 atom stereocenters. The third kappa shape index (κ3) is 3.88. The zero-order chi connectivity index (χ0) is 15.5. The van der Waals surface area contributed by atoms with Gasteiger partial charge in [0.2, 0.25) is 0 Å². The molecule has 126 valence electrons. The molecule has 1 aliphatic rings. The molecule has 23 heavy (non-hydrogen) atoms. The first kappa shape index (κ1) is 17.8. The fraction of sp³-hybridized carbons (Fsp3) is 0.571. The Morgan fingerprint density at radius 3 is 2.87 bits per heavy atom. The molecular formula is C14H21ClN6OS. The number of hydrogen-bond acceptors (Lipinski definition) is 6. The molecule has 7 nitrogen and oxygen atoms in total. The SMILES string of the molecule is CCc1cnc(NC(=O)c2nnn(C3CCNCC3)c2C)s1.Cl. The molecule has 1 aliphatic heterocycles. The average Bonchev–Trinajstić information content (AvgIpc) is 3.14. The van der Waals surface area contributed by atoms with Crippen LogP contribution >= 0.6 is 23.7 Å². The van der Waals surface area contributed by atoms with E-state index in [1.165, 1.54) is 11.3 Å². The Balaban J connectivity index is 0.00000192. The number of anilines is 1. The number of hydrogen-bond donors (Lipinski definition) is 2. The summed E-state index contributed by atoms with van der Waals surface area (Å²) in [4.78, 5) is 17.7. The van der Waals surface area contributed by atoms with Crippen LogP contribution in [0.15, 0.2) is 6.20 Å². The number of nitrogens with one attached hydrogen (secondary N) is 2. The van der Waals surface area contributed by atoms with E-state index in [-0.39, 0.29) is 18.3 Å². The van der Waals surface area contributed by atoms with E-state index >= 15 is 0 Å². The molecule has 2 aromatic rings. The molecule has 0 aromatic carbocycles. The largest absolute Gasteiger partial charge is 0.317 e. The number of thiazole rings is 1. The first-order valence-corrected chi connectivity index (χ1v) is 8.39. The van der Waals surface area contributed by atoms with Crippen molar-refractivity contribution in [2.45, 2.75) is 39.2 Å². The van der Waals surface area contributed by atoms with Crippen molar-refractivity contribution >= 4 is 34.8 Å². The van der Waals surface area contributed by atoms with E-state index in [1.807, 2.05) is 11.6 Å². The molecule has 2 N–H and O–H groups in total. The molecule has 0 aliphatic carbocycles. The van der Waals surface area contributed by atoms with Gasteiger partial charge in [-0.2, -0.15) is 0 Å². The van der Waals surface area contributed by atoms with Gasteiger partial charge in [0.1, 0.15) is 0 Å². The van der Waals surface area contributed by atoms with Gasteiger partial charge in [-0.3, -0.25) is 10.1 Å². The molecule has 1 saturated heterocycles. The van der Waals surface area contributed by atoms with Crippen molar-refractivity contribution in [2.75, 3.05) is 18.4 Å². The monoisotopic (exact) mass is 356 g/mol. The molecule has 3 heterocycles. The van der Waals surface area contributed by atoms with Gasteiger partial charge in [-0.05, 0) is 39.3 Å². The zero-order valence-electron chi connectivity index (χ0n) is 13.2. The molecule has 9 heteroatoms. The lowest BCUT2D eigenvalue weighted by Gasteiger charge is -2.23. The highest BCUT2D eigenvalue weighted by atomic mass is 35.5. The number of aromatic nitrogens is 4. The highest BCUT2D eigenvalue weighted by molar-refractivity contribution is 7.15. The quantitative estimate of drug-likeness (QED) is 0.877. The summed E-state index contributed by atoms with van der Waals surface area (Å²) in [7, 11) is 0. The summed E-state index contributed by atoms with van der Waals surface area (Å²) >= 11 is 1.49. The van der Waals surface area contributed by atoms with Gasteiger partial charge in [-0.15, -0.1) is 28.8 Å². The maximum atomic E-state index is 12.4. The molecule has 2 aromatic heterocycles. The number of piperidine rings is 1. The normalized spacial score (nSPS) is 15.2. The van der Waals surface area contributed by atoms with Gasteiger partial charge in [0.15, 0.2) is 10.8 Å². The van der Waals surface area contributed by atoms with Crippen molar-refractivity contribution in [1.82, 2.24) is 25.3 Å². The van der Waals surface area contributed by atoms with Gasteiger partial charge in [0, 0.05) is 11.1 Å². The summed E-state index contributed by atoms with van der Waals surface area (Å²) in [6.45, 7) is 5.92. The molecule has 0 radical (unpaired) electrons. The van der Waals surface area contributed by atoms with Gasteiger partial charge >= 0.3 is 0 Å². The lowest BCUT2D eigenvalue weighted by Crippen LogP contribution is -2.30. The van der Waals surface area contributed by atoms with Gasteiger partial charge in [-0.25, -0.2) is 9.67 Å².